The molecule has 0 bridgehead atoms. The van der Waals surface area contributed by atoms with Crippen molar-refractivity contribution in [3.05, 3.63) is 94.5 Å². The molecule has 3 rings (SSSR count). The maximum Gasteiger partial charge on any atom is 0.255 e. The number of nitrogens with two attached hydrogens (primary N) is 1. The number of hydrogen-bond donors (Lipinski definition) is 1. The minimum atomic E-state index is -0.158. The number of ether oxygens (including phenoxy) is 2. The summed E-state index contributed by atoms with van der Waals surface area (Å²) in [6.45, 7) is 1.60. The molecule has 0 radical (unpaired) electrons. The van der Waals surface area contributed by atoms with Crippen LogP contribution in [0.1, 0.15) is 21.5 Å². The van der Waals surface area contributed by atoms with Gasteiger partial charge >= 0.3 is 0 Å². The zero-order chi connectivity index (χ0) is 21.3. The van der Waals surface area contributed by atoms with Crippen molar-refractivity contribution < 1.29 is 14.3 Å². The number of hydrogen-bond acceptors (Lipinski definition) is 4. The minimum Gasteiger partial charge on any atom is -0.493 e. The topological polar surface area (TPSA) is 64.8 Å². The fourth-order valence-electron chi connectivity index (χ4n) is 3.10. The first-order chi connectivity index (χ1) is 14.6. The maximum atomic E-state index is 13.0. The Morgan fingerprint density at radius 3 is 2.40 bits per heavy atom. The van der Waals surface area contributed by atoms with E-state index in [-0.39, 0.29) is 5.91 Å². The van der Waals surface area contributed by atoms with Crippen LogP contribution < -0.4 is 15.2 Å². The Morgan fingerprint density at radius 2 is 1.70 bits per heavy atom. The largest absolute Gasteiger partial charge is 0.493 e. The van der Waals surface area contributed by atoms with Gasteiger partial charge in [-0.1, -0.05) is 60.1 Å². The van der Waals surface area contributed by atoms with E-state index in [9.17, 15) is 4.79 Å². The molecule has 0 aromatic heterocycles. The van der Waals surface area contributed by atoms with E-state index >= 15 is 0 Å². The van der Waals surface area contributed by atoms with Crippen LogP contribution in [-0.4, -0.2) is 31.0 Å². The summed E-state index contributed by atoms with van der Waals surface area (Å²) in [5.74, 6) is 1.10. The van der Waals surface area contributed by atoms with Crippen LogP contribution in [0.5, 0.6) is 11.5 Å². The van der Waals surface area contributed by atoms with Gasteiger partial charge in [0.05, 0.1) is 17.7 Å². The average Bonchev–Trinajstić information content (AvgIpc) is 2.78. The summed E-state index contributed by atoms with van der Waals surface area (Å²) in [5, 5.41) is 0.423. The molecule has 0 aliphatic heterocycles. The second-order valence-electron chi connectivity index (χ2n) is 6.75. The molecule has 0 unspecified atom stereocenters. The van der Waals surface area contributed by atoms with Crippen molar-refractivity contribution in [3.8, 4) is 11.5 Å². The fraction of sp³-hybridized carbons (Fsp3) is 0.208. The van der Waals surface area contributed by atoms with E-state index in [1.165, 1.54) is 0 Å². The van der Waals surface area contributed by atoms with Gasteiger partial charge in [0.25, 0.3) is 5.91 Å². The second kappa shape index (κ2) is 10.7. The van der Waals surface area contributed by atoms with Gasteiger partial charge in [-0.25, -0.2) is 0 Å². The highest BCUT2D eigenvalue weighted by molar-refractivity contribution is 6.33. The molecular formula is C24H25ClN2O3. The molecule has 0 aliphatic rings. The molecule has 0 saturated heterocycles. The van der Waals surface area contributed by atoms with E-state index in [4.69, 9.17) is 26.8 Å². The first-order valence-electron chi connectivity index (χ1n) is 9.70. The van der Waals surface area contributed by atoms with Crippen molar-refractivity contribution in [2.24, 2.45) is 5.73 Å². The summed E-state index contributed by atoms with van der Waals surface area (Å²) < 4.78 is 11.4. The summed E-state index contributed by atoms with van der Waals surface area (Å²) in [6.07, 6.45) is 0. The first kappa shape index (κ1) is 21.7. The minimum absolute atomic E-state index is 0.158. The van der Waals surface area contributed by atoms with Crippen molar-refractivity contribution in [1.82, 2.24) is 4.90 Å². The Balaban J connectivity index is 1.75. The van der Waals surface area contributed by atoms with E-state index < -0.39 is 0 Å². The van der Waals surface area contributed by atoms with Crippen LogP contribution >= 0.6 is 11.6 Å². The normalized spacial score (nSPS) is 10.5. The fourth-order valence-corrected chi connectivity index (χ4v) is 3.32. The molecule has 2 N–H and O–H groups in total. The molecule has 1 amide bonds. The maximum absolute atomic E-state index is 13.0. The van der Waals surface area contributed by atoms with Crippen molar-refractivity contribution >= 4 is 17.5 Å². The highest BCUT2D eigenvalue weighted by Gasteiger charge is 2.18. The zero-order valence-corrected chi connectivity index (χ0v) is 17.6. The highest BCUT2D eigenvalue weighted by atomic mass is 35.5. The molecular weight excluding hydrogens is 400 g/mol. The number of rotatable bonds is 9. The summed E-state index contributed by atoms with van der Waals surface area (Å²) in [5.41, 5.74) is 8.18. The number of carbonyl (C=O) groups excluding carboxylic acids is 1. The van der Waals surface area contributed by atoms with Gasteiger partial charge in [0.15, 0.2) is 11.5 Å². The van der Waals surface area contributed by atoms with Crippen molar-refractivity contribution in [2.75, 3.05) is 20.2 Å². The van der Waals surface area contributed by atoms with Gasteiger partial charge < -0.3 is 20.1 Å². The molecule has 30 heavy (non-hydrogen) atoms. The van der Waals surface area contributed by atoms with Crippen LogP contribution in [0.2, 0.25) is 5.02 Å². The molecule has 0 atom stereocenters. The third kappa shape index (κ3) is 5.53. The molecule has 5 nitrogen and oxygen atoms in total. The zero-order valence-electron chi connectivity index (χ0n) is 16.9. The Labute approximate surface area is 182 Å². The monoisotopic (exact) mass is 424 g/mol. The van der Waals surface area contributed by atoms with Crippen LogP contribution in [0, 0.1) is 0 Å². The summed E-state index contributed by atoms with van der Waals surface area (Å²) in [7, 11) is 1.60. The number of carbonyl (C=O) groups is 1. The van der Waals surface area contributed by atoms with E-state index in [2.05, 4.69) is 0 Å². The van der Waals surface area contributed by atoms with Gasteiger partial charge in [0, 0.05) is 19.6 Å². The molecule has 0 saturated carbocycles. The standard InChI is InChI=1S/C24H25ClN2O3/c1-29-23-15-19(11-12-22(23)30-17-18-7-3-2-4-8-18)16-27(14-13-26)24(28)20-9-5-6-10-21(20)25/h2-12,15H,13-14,16-17,26H2,1H3. The smallest absolute Gasteiger partial charge is 0.255 e. The number of benzene rings is 3. The number of nitrogens with zero attached hydrogens (tertiary/aromatic N) is 1. The summed E-state index contributed by atoms with van der Waals surface area (Å²) in [6, 6.07) is 22.6. The van der Waals surface area contributed by atoms with E-state index in [1.54, 1.807) is 36.3 Å². The summed E-state index contributed by atoms with van der Waals surface area (Å²) in [4.78, 5) is 14.7. The number of halogens is 1. The molecule has 6 heteroatoms. The Bertz CT molecular complexity index is 979. The van der Waals surface area contributed by atoms with E-state index in [0.717, 1.165) is 11.1 Å². The summed E-state index contributed by atoms with van der Waals surface area (Å²) >= 11 is 6.20. The highest BCUT2D eigenvalue weighted by Crippen LogP contribution is 2.29. The van der Waals surface area contributed by atoms with Crippen LogP contribution in [-0.2, 0) is 13.2 Å². The lowest BCUT2D eigenvalue weighted by Gasteiger charge is -2.23. The van der Waals surface area contributed by atoms with Crippen molar-refractivity contribution in [1.29, 1.82) is 0 Å². The van der Waals surface area contributed by atoms with Gasteiger partial charge in [0.1, 0.15) is 6.61 Å². The van der Waals surface area contributed by atoms with Gasteiger partial charge in [-0.3, -0.25) is 4.79 Å². The quantitative estimate of drug-likeness (QED) is 0.548. The van der Waals surface area contributed by atoms with Gasteiger partial charge in [-0.2, -0.15) is 0 Å². The molecule has 3 aromatic rings. The second-order valence-corrected chi connectivity index (χ2v) is 7.16. The Hall–Kier alpha value is -3.02. The first-order valence-corrected chi connectivity index (χ1v) is 10.1. The molecule has 3 aromatic carbocycles. The lowest BCUT2D eigenvalue weighted by Crippen LogP contribution is -2.35. The Morgan fingerprint density at radius 1 is 0.967 bits per heavy atom. The van der Waals surface area contributed by atoms with E-state index in [1.807, 2.05) is 48.5 Å². The number of amides is 1. The predicted octanol–water partition coefficient (Wildman–Crippen LogP) is 4.53. The molecule has 0 spiro atoms. The van der Waals surface area contributed by atoms with Gasteiger partial charge in [0.2, 0.25) is 0 Å². The predicted molar refractivity (Wildman–Crippen MR) is 119 cm³/mol. The van der Waals surface area contributed by atoms with Crippen LogP contribution in [0.15, 0.2) is 72.8 Å². The lowest BCUT2D eigenvalue weighted by molar-refractivity contribution is 0.0748. The van der Waals surface area contributed by atoms with Crippen LogP contribution in [0.25, 0.3) is 0 Å². The lowest BCUT2D eigenvalue weighted by atomic mass is 10.1. The van der Waals surface area contributed by atoms with Gasteiger partial charge in [-0.05, 0) is 35.4 Å². The average molecular weight is 425 g/mol. The van der Waals surface area contributed by atoms with Gasteiger partial charge in [-0.15, -0.1) is 0 Å². The van der Waals surface area contributed by atoms with Crippen LogP contribution in [0.4, 0.5) is 0 Å². The molecule has 156 valence electrons. The molecule has 0 aliphatic carbocycles. The third-order valence-corrected chi connectivity index (χ3v) is 4.96. The SMILES string of the molecule is COc1cc(CN(CCN)C(=O)c2ccccc2Cl)ccc1OCc1ccccc1. The molecule has 0 heterocycles. The van der Waals surface area contributed by atoms with Crippen molar-refractivity contribution in [3.63, 3.8) is 0 Å². The third-order valence-electron chi connectivity index (χ3n) is 4.63. The van der Waals surface area contributed by atoms with Crippen LogP contribution in [0.3, 0.4) is 0 Å². The number of methoxy groups -OCH3 is 1. The Kier molecular flexibility index (Phi) is 7.71. The van der Waals surface area contributed by atoms with Crippen molar-refractivity contribution in [2.45, 2.75) is 13.2 Å². The molecule has 0 fully saturated rings. The van der Waals surface area contributed by atoms with E-state index in [0.29, 0.717) is 48.3 Å².